The Morgan fingerprint density at radius 3 is 2.54 bits per heavy atom. The molecule has 26 heavy (non-hydrogen) atoms. The summed E-state index contributed by atoms with van der Waals surface area (Å²) in [5.74, 6) is -0.300. The predicted molar refractivity (Wildman–Crippen MR) is 105 cm³/mol. The topological polar surface area (TPSA) is 45.0 Å². The molecule has 1 amide bonds. The Labute approximate surface area is 160 Å². The fraction of sp³-hybridized carbons (Fsp3) is 0.211. The number of rotatable bonds is 5. The lowest BCUT2D eigenvalue weighted by Crippen LogP contribution is -2.31. The van der Waals surface area contributed by atoms with Crippen LogP contribution in [0.4, 0.5) is 4.39 Å². The largest absolute Gasteiger partial charge is 0.284 e. The van der Waals surface area contributed by atoms with Gasteiger partial charge in [-0.15, -0.1) is 5.10 Å². The average molecular weight is 390 g/mol. The third kappa shape index (κ3) is 4.51. The zero-order valence-corrected chi connectivity index (χ0v) is 15.7. The molecule has 0 aliphatic carbocycles. The van der Waals surface area contributed by atoms with Gasteiger partial charge in [0.1, 0.15) is 5.82 Å². The van der Waals surface area contributed by atoms with Gasteiger partial charge >= 0.3 is 0 Å². The van der Waals surface area contributed by atoms with Crippen molar-refractivity contribution in [2.24, 2.45) is 10.2 Å². The number of benzene rings is 2. The van der Waals surface area contributed by atoms with Crippen molar-refractivity contribution in [3.63, 3.8) is 0 Å². The molecule has 0 saturated carbocycles. The summed E-state index contributed by atoms with van der Waals surface area (Å²) in [6, 6.07) is 13.3. The minimum absolute atomic E-state index is 0.00210. The molecule has 134 valence electrons. The predicted octanol–water partition coefficient (Wildman–Crippen LogP) is 4.72. The van der Waals surface area contributed by atoms with Crippen LogP contribution < -0.4 is 0 Å². The Bertz CT molecular complexity index is 837. The summed E-state index contributed by atoms with van der Waals surface area (Å²) in [5.41, 5.74) is 1.71. The van der Waals surface area contributed by atoms with Crippen LogP contribution in [0, 0.1) is 5.82 Å². The molecule has 0 N–H and O–H groups in total. The fourth-order valence-electron chi connectivity index (χ4n) is 2.46. The normalized spacial score (nSPS) is 19.0. The first-order valence-electron chi connectivity index (χ1n) is 8.16. The Kier molecular flexibility index (Phi) is 6.06. The molecule has 0 bridgehead atoms. The minimum Gasteiger partial charge on any atom is -0.284 e. The van der Waals surface area contributed by atoms with E-state index in [1.165, 1.54) is 23.9 Å². The van der Waals surface area contributed by atoms with Crippen LogP contribution in [0.2, 0.25) is 5.02 Å². The molecule has 0 spiro atoms. The Morgan fingerprint density at radius 1 is 1.19 bits per heavy atom. The van der Waals surface area contributed by atoms with Crippen molar-refractivity contribution in [1.82, 2.24) is 4.90 Å². The van der Waals surface area contributed by atoms with Gasteiger partial charge in [0, 0.05) is 5.02 Å². The van der Waals surface area contributed by atoms with Gasteiger partial charge in [-0.3, -0.25) is 9.69 Å². The maximum absolute atomic E-state index is 13.1. The lowest BCUT2D eigenvalue weighted by Gasteiger charge is -2.15. The standard InChI is InChI=1S/C19H17ClFN3OS/c1-2-17-18(25)24(12-14-5-9-16(21)10-6-14)19(26-17)23-22-11-13-3-7-15(20)8-4-13/h3-11,17H,2,12H2,1H3/b22-11-,23-19-/t17-/m1/s1. The molecular weight excluding hydrogens is 373 g/mol. The molecule has 0 unspecified atom stereocenters. The van der Waals surface area contributed by atoms with Gasteiger partial charge in [0.05, 0.1) is 18.0 Å². The van der Waals surface area contributed by atoms with E-state index in [2.05, 4.69) is 10.2 Å². The SMILES string of the molecule is CC[C@H]1S/C(=N\N=C/c2ccc(Cl)cc2)N(Cc2ccc(F)cc2)C1=O. The third-order valence-corrected chi connectivity index (χ3v) is 5.45. The van der Waals surface area contributed by atoms with Gasteiger partial charge in [-0.25, -0.2) is 4.39 Å². The minimum atomic E-state index is -0.302. The second-order valence-corrected chi connectivity index (χ2v) is 7.35. The zero-order valence-electron chi connectivity index (χ0n) is 14.1. The van der Waals surface area contributed by atoms with Crippen LogP contribution in [0.25, 0.3) is 0 Å². The Morgan fingerprint density at radius 2 is 1.88 bits per heavy atom. The number of amidine groups is 1. The van der Waals surface area contributed by atoms with Crippen molar-refractivity contribution in [3.05, 3.63) is 70.5 Å². The van der Waals surface area contributed by atoms with Gasteiger partial charge in [-0.05, 0) is 41.8 Å². The van der Waals surface area contributed by atoms with E-state index in [1.807, 2.05) is 19.1 Å². The number of amides is 1. The molecular formula is C19H17ClFN3OS. The highest BCUT2D eigenvalue weighted by Gasteiger charge is 2.36. The molecule has 2 aromatic carbocycles. The van der Waals surface area contributed by atoms with Crippen LogP contribution in [-0.2, 0) is 11.3 Å². The summed E-state index contributed by atoms with van der Waals surface area (Å²) in [6.07, 6.45) is 2.33. The van der Waals surface area contributed by atoms with Crippen LogP contribution in [0.1, 0.15) is 24.5 Å². The number of halogens is 2. The summed E-state index contributed by atoms with van der Waals surface area (Å²) in [5, 5.41) is 9.38. The summed E-state index contributed by atoms with van der Waals surface area (Å²) in [4.78, 5) is 14.2. The third-order valence-electron chi connectivity index (χ3n) is 3.86. The van der Waals surface area contributed by atoms with Crippen LogP contribution in [-0.4, -0.2) is 27.4 Å². The molecule has 1 saturated heterocycles. The molecule has 1 aliphatic heterocycles. The van der Waals surface area contributed by atoms with Crippen molar-refractivity contribution in [1.29, 1.82) is 0 Å². The lowest BCUT2D eigenvalue weighted by atomic mass is 10.2. The number of carbonyl (C=O) groups excluding carboxylic acids is 1. The Hall–Kier alpha value is -2.18. The first-order valence-corrected chi connectivity index (χ1v) is 9.41. The molecule has 1 atom stereocenters. The molecule has 2 aromatic rings. The zero-order chi connectivity index (χ0) is 18.5. The van der Waals surface area contributed by atoms with Crippen molar-refractivity contribution >= 4 is 40.7 Å². The summed E-state index contributed by atoms with van der Waals surface area (Å²) in [7, 11) is 0. The second-order valence-electron chi connectivity index (χ2n) is 5.74. The van der Waals surface area contributed by atoms with E-state index < -0.39 is 0 Å². The van der Waals surface area contributed by atoms with E-state index in [1.54, 1.807) is 35.4 Å². The van der Waals surface area contributed by atoms with Crippen molar-refractivity contribution in [3.8, 4) is 0 Å². The molecule has 1 fully saturated rings. The van der Waals surface area contributed by atoms with Crippen molar-refractivity contribution in [2.75, 3.05) is 0 Å². The summed E-state index contributed by atoms with van der Waals surface area (Å²) >= 11 is 7.26. The van der Waals surface area contributed by atoms with Gasteiger partial charge in [0.2, 0.25) is 5.91 Å². The van der Waals surface area contributed by atoms with E-state index in [9.17, 15) is 9.18 Å². The van der Waals surface area contributed by atoms with E-state index >= 15 is 0 Å². The number of thioether (sulfide) groups is 1. The number of carbonyl (C=O) groups is 1. The van der Waals surface area contributed by atoms with Crippen LogP contribution in [0.15, 0.2) is 58.7 Å². The first-order chi connectivity index (χ1) is 12.6. The monoisotopic (exact) mass is 389 g/mol. The second kappa shape index (κ2) is 8.47. The molecule has 4 nitrogen and oxygen atoms in total. The number of nitrogens with zero attached hydrogens (tertiary/aromatic N) is 3. The average Bonchev–Trinajstić information content (AvgIpc) is 2.94. The fourth-order valence-corrected chi connectivity index (χ4v) is 3.61. The maximum Gasteiger partial charge on any atom is 0.242 e. The summed E-state index contributed by atoms with van der Waals surface area (Å²) in [6.45, 7) is 2.31. The van der Waals surface area contributed by atoms with E-state index in [-0.39, 0.29) is 17.0 Å². The van der Waals surface area contributed by atoms with Gasteiger partial charge in [-0.2, -0.15) is 5.10 Å². The molecule has 3 rings (SSSR count). The van der Waals surface area contributed by atoms with Crippen molar-refractivity contribution < 1.29 is 9.18 Å². The number of hydrogen-bond donors (Lipinski definition) is 0. The van der Waals surface area contributed by atoms with Gasteiger partial charge in [-0.1, -0.05) is 54.6 Å². The van der Waals surface area contributed by atoms with Gasteiger partial charge in [0.25, 0.3) is 0 Å². The molecule has 0 aromatic heterocycles. The van der Waals surface area contributed by atoms with Crippen LogP contribution in [0.3, 0.4) is 0 Å². The van der Waals surface area contributed by atoms with E-state index in [0.29, 0.717) is 23.2 Å². The van der Waals surface area contributed by atoms with Gasteiger partial charge < -0.3 is 0 Å². The summed E-state index contributed by atoms with van der Waals surface area (Å²) < 4.78 is 13.1. The van der Waals surface area contributed by atoms with E-state index in [0.717, 1.165) is 11.1 Å². The van der Waals surface area contributed by atoms with Crippen LogP contribution in [0.5, 0.6) is 0 Å². The lowest BCUT2D eigenvalue weighted by molar-refractivity contribution is -0.126. The number of hydrogen-bond acceptors (Lipinski definition) is 4. The smallest absolute Gasteiger partial charge is 0.242 e. The van der Waals surface area contributed by atoms with Gasteiger partial charge in [0.15, 0.2) is 5.17 Å². The quantitative estimate of drug-likeness (QED) is 0.548. The highest BCUT2D eigenvalue weighted by molar-refractivity contribution is 8.15. The molecule has 7 heteroatoms. The first kappa shape index (κ1) is 18.6. The van der Waals surface area contributed by atoms with E-state index in [4.69, 9.17) is 11.6 Å². The van der Waals surface area contributed by atoms with Crippen molar-refractivity contribution in [2.45, 2.75) is 25.1 Å². The molecule has 1 heterocycles. The highest BCUT2D eigenvalue weighted by Crippen LogP contribution is 2.30. The highest BCUT2D eigenvalue weighted by atomic mass is 35.5. The maximum atomic E-state index is 13.1. The molecule has 1 aliphatic rings. The van der Waals surface area contributed by atoms with Crippen LogP contribution >= 0.6 is 23.4 Å². The Balaban J connectivity index is 1.78. The molecule has 0 radical (unpaired) electrons.